The van der Waals surface area contributed by atoms with Gasteiger partial charge in [0.05, 0.1) is 7.11 Å². The number of nitrogens with one attached hydrogen (secondary N) is 2. The van der Waals surface area contributed by atoms with Crippen LogP contribution in [0.3, 0.4) is 0 Å². The summed E-state index contributed by atoms with van der Waals surface area (Å²) in [4.78, 5) is 4.14. The van der Waals surface area contributed by atoms with Crippen LogP contribution in [0, 0.1) is 0 Å². The largest absolute Gasteiger partial charge is 0.493 e. The Kier molecular flexibility index (Phi) is 13.8. The fourth-order valence-electron chi connectivity index (χ4n) is 2.19. The molecule has 0 spiro atoms. The Morgan fingerprint density at radius 3 is 2.50 bits per heavy atom. The van der Waals surface area contributed by atoms with E-state index < -0.39 is 12.8 Å². The van der Waals surface area contributed by atoms with E-state index in [0.717, 1.165) is 38.2 Å². The monoisotopic (exact) mass is 519 g/mol. The van der Waals surface area contributed by atoms with Crippen LogP contribution in [-0.4, -0.2) is 52.7 Å². The maximum atomic E-state index is 12.3. The number of hydrogen-bond acceptors (Lipinski definition) is 4. The molecule has 1 aromatic rings. The number of unbranched alkanes of at least 4 members (excludes halogenated alkanes) is 1. The average molecular weight is 519 g/mol. The van der Waals surface area contributed by atoms with Crippen LogP contribution in [0.1, 0.15) is 25.3 Å². The molecular formula is C18H29F3IN3O3. The number of rotatable bonds is 11. The number of guanidine groups is 1. The Morgan fingerprint density at radius 1 is 1.14 bits per heavy atom. The van der Waals surface area contributed by atoms with Gasteiger partial charge in [-0.05, 0) is 37.5 Å². The first-order chi connectivity index (χ1) is 12.9. The lowest BCUT2D eigenvalue weighted by atomic mass is 10.2. The first kappa shape index (κ1) is 26.6. The highest BCUT2D eigenvalue weighted by Crippen LogP contribution is 2.29. The third-order valence-corrected chi connectivity index (χ3v) is 3.51. The minimum Gasteiger partial charge on any atom is -0.493 e. The van der Waals surface area contributed by atoms with Crippen LogP contribution in [0.2, 0.25) is 0 Å². The first-order valence-electron chi connectivity index (χ1n) is 8.78. The molecule has 0 atom stereocenters. The van der Waals surface area contributed by atoms with E-state index in [1.807, 2.05) is 6.92 Å². The van der Waals surface area contributed by atoms with Crippen LogP contribution < -0.4 is 20.1 Å². The molecule has 2 N–H and O–H groups in total. The van der Waals surface area contributed by atoms with E-state index in [9.17, 15) is 13.2 Å². The van der Waals surface area contributed by atoms with Crippen molar-refractivity contribution in [3.05, 3.63) is 23.8 Å². The Balaban J connectivity index is 0.00000729. The summed E-state index contributed by atoms with van der Waals surface area (Å²) in [5, 5.41) is 6.34. The molecule has 0 heterocycles. The zero-order valence-electron chi connectivity index (χ0n) is 16.4. The van der Waals surface area contributed by atoms with Crippen molar-refractivity contribution in [2.75, 3.05) is 40.5 Å². The molecule has 0 aromatic heterocycles. The number of halogens is 4. The zero-order valence-corrected chi connectivity index (χ0v) is 18.7. The van der Waals surface area contributed by atoms with Gasteiger partial charge in [-0.2, -0.15) is 13.2 Å². The zero-order chi connectivity index (χ0) is 20.1. The predicted molar refractivity (Wildman–Crippen MR) is 114 cm³/mol. The van der Waals surface area contributed by atoms with Crippen LogP contribution in [0.5, 0.6) is 11.5 Å². The number of hydrogen-bond donors (Lipinski definition) is 2. The minimum absolute atomic E-state index is 0. The molecule has 10 heteroatoms. The Bertz CT molecular complexity index is 587. The molecule has 0 saturated carbocycles. The van der Waals surface area contributed by atoms with Crippen LogP contribution in [0.25, 0.3) is 0 Å². The number of methoxy groups -OCH3 is 1. The molecule has 162 valence electrons. The number of alkyl halides is 3. The lowest BCUT2D eigenvalue weighted by molar-refractivity contribution is -0.153. The van der Waals surface area contributed by atoms with Gasteiger partial charge in [0.25, 0.3) is 0 Å². The molecule has 0 saturated heterocycles. The van der Waals surface area contributed by atoms with E-state index in [0.29, 0.717) is 12.5 Å². The van der Waals surface area contributed by atoms with Crippen molar-refractivity contribution in [2.45, 2.75) is 32.5 Å². The quantitative estimate of drug-likeness (QED) is 0.202. The SMILES string of the molecule is CCOCCCCNC(=NC)NCc1ccc(OCC(F)(F)F)c(OC)c1.I. The van der Waals surface area contributed by atoms with E-state index in [1.54, 1.807) is 19.2 Å². The summed E-state index contributed by atoms with van der Waals surface area (Å²) in [6, 6.07) is 4.77. The van der Waals surface area contributed by atoms with Gasteiger partial charge in [-0.15, -0.1) is 24.0 Å². The smallest absolute Gasteiger partial charge is 0.422 e. The Hall–Kier alpha value is -1.43. The molecule has 0 aliphatic rings. The molecule has 0 amide bonds. The van der Waals surface area contributed by atoms with Crippen LogP contribution >= 0.6 is 24.0 Å². The average Bonchev–Trinajstić information content (AvgIpc) is 2.64. The molecule has 0 fully saturated rings. The second kappa shape index (κ2) is 14.6. The van der Waals surface area contributed by atoms with Crippen molar-refractivity contribution in [1.82, 2.24) is 10.6 Å². The van der Waals surface area contributed by atoms with Gasteiger partial charge in [-0.1, -0.05) is 6.07 Å². The van der Waals surface area contributed by atoms with Crippen molar-refractivity contribution in [2.24, 2.45) is 4.99 Å². The summed E-state index contributed by atoms with van der Waals surface area (Å²) in [6.45, 7) is 3.27. The van der Waals surface area contributed by atoms with E-state index in [2.05, 4.69) is 15.6 Å². The molecule has 0 bridgehead atoms. The topological polar surface area (TPSA) is 64.1 Å². The summed E-state index contributed by atoms with van der Waals surface area (Å²) in [6.07, 6.45) is -2.47. The normalized spacial score (nSPS) is 11.6. The third kappa shape index (κ3) is 11.4. The molecule has 1 aromatic carbocycles. The molecule has 1 rings (SSSR count). The van der Waals surface area contributed by atoms with Gasteiger partial charge in [-0.25, -0.2) is 0 Å². The van der Waals surface area contributed by atoms with Crippen molar-refractivity contribution in [1.29, 1.82) is 0 Å². The highest BCUT2D eigenvalue weighted by atomic mass is 127. The highest BCUT2D eigenvalue weighted by molar-refractivity contribution is 14.0. The minimum atomic E-state index is -4.40. The van der Waals surface area contributed by atoms with Gasteiger partial charge in [0, 0.05) is 33.4 Å². The van der Waals surface area contributed by atoms with Crippen molar-refractivity contribution < 1.29 is 27.4 Å². The van der Waals surface area contributed by atoms with Gasteiger partial charge in [-0.3, -0.25) is 4.99 Å². The summed E-state index contributed by atoms with van der Waals surface area (Å²) in [5.74, 6) is 0.940. The maximum Gasteiger partial charge on any atom is 0.422 e. The molecule has 6 nitrogen and oxygen atoms in total. The second-order valence-electron chi connectivity index (χ2n) is 5.65. The number of aliphatic imine (C=N–C) groups is 1. The van der Waals surface area contributed by atoms with E-state index >= 15 is 0 Å². The fraction of sp³-hybridized carbons (Fsp3) is 0.611. The summed E-state index contributed by atoms with van der Waals surface area (Å²) >= 11 is 0. The van der Waals surface area contributed by atoms with Gasteiger partial charge in [0.2, 0.25) is 0 Å². The third-order valence-electron chi connectivity index (χ3n) is 3.51. The molecule has 28 heavy (non-hydrogen) atoms. The summed E-state index contributed by atoms with van der Waals surface area (Å²) in [5.41, 5.74) is 0.825. The van der Waals surface area contributed by atoms with Gasteiger partial charge in [0.1, 0.15) is 0 Å². The molecule has 0 radical (unpaired) electrons. The lowest BCUT2D eigenvalue weighted by Crippen LogP contribution is -2.37. The summed E-state index contributed by atoms with van der Waals surface area (Å²) < 4.78 is 52.0. The van der Waals surface area contributed by atoms with Crippen LogP contribution in [-0.2, 0) is 11.3 Å². The Morgan fingerprint density at radius 2 is 1.89 bits per heavy atom. The summed E-state index contributed by atoms with van der Waals surface area (Å²) in [7, 11) is 3.06. The molecule has 0 unspecified atom stereocenters. The van der Waals surface area contributed by atoms with Gasteiger partial charge in [0.15, 0.2) is 24.1 Å². The van der Waals surface area contributed by atoms with Gasteiger partial charge < -0.3 is 24.8 Å². The lowest BCUT2D eigenvalue weighted by Gasteiger charge is -2.15. The standard InChI is InChI=1S/C18H28F3N3O3.HI/c1-4-26-10-6-5-9-23-17(22-2)24-12-14-7-8-15(16(11-14)25-3)27-13-18(19,20)21;/h7-8,11H,4-6,9-10,12-13H2,1-3H3,(H2,22,23,24);1H. The number of ether oxygens (including phenoxy) is 3. The fourth-order valence-corrected chi connectivity index (χ4v) is 2.19. The first-order valence-corrected chi connectivity index (χ1v) is 8.78. The van der Waals surface area contributed by atoms with Crippen LogP contribution in [0.15, 0.2) is 23.2 Å². The van der Waals surface area contributed by atoms with E-state index in [1.165, 1.54) is 13.2 Å². The molecule has 0 aliphatic carbocycles. The van der Waals surface area contributed by atoms with E-state index in [-0.39, 0.29) is 35.5 Å². The second-order valence-corrected chi connectivity index (χ2v) is 5.65. The Labute approximate surface area is 181 Å². The van der Waals surface area contributed by atoms with E-state index in [4.69, 9.17) is 14.2 Å². The van der Waals surface area contributed by atoms with Crippen LogP contribution in [0.4, 0.5) is 13.2 Å². The number of benzene rings is 1. The van der Waals surface area contributed by atoms with Crippen molar-refractivity contribution >= 4 is 29.9 Å². The van der Waals surface area contributed by atoms with Crippen molar-refractivity contribution in [3.63, 3.8) is 0 Å². The highest BCUT2D eigenvalue weighted by Gasteiger charge is 2.29. The molecular weight excluding hydrogens is 490 g/mol. The van der Waals surface area contributed by atoms with Gasteiger partial charge >= 0.3 is 6.18 Å². The maximum absolute atomic E-state index is 12.3. The van der Waals surface area contributed by atoms with Crippen molar-refractivity contribution in [3.8, 4) is 11.5 Å². The predicted octanol–water partition coefficient (Wildman–Crippen LogP) is 3.74. The number of nitrogens with zero attached hydrogens (tertiary/aromatic N) is 1. The molecule has 0 aliphatic heterocycles.